The lowest BCUT2D eigenvalue weighted by molar-refractivity contribution is -0.137. The summed E-state index contributed by atoms with van der Waals surface area (Å²) in [5.74, 6) is -0.555. The standard InChI is InChI=1S/C13H16O3/c1-10(13(15)16-2)12(14)9-8-11-6-4-3-5-7-11/h3-7,12,14H,1,8-9H2,2H3. The zero-order chi connectivity index (χ0) is 12.0. The lowest BCUT2D eigenvalue weighted by atomic mass is 10.0. The molecular formula is C13H16O3. The topological polar surface area (TPSA) is 46.5 Å². The number of benzene rings is 1. The summed E-state index contributed by atoms with van der Waals surface area (Å²) in [6.45, 7) is 3.51. The Balaban J connectivity index is 2.44. The fourth-order valence-corrected chi connectivity index (χ4v) is 1.39. The minimum atomic E-state index is -0.840. The van der Waals surface area contributed by atoms with Crippen molar-refractivity contribution in [3.63, 3.8) is 0 Å². The lowest BCUT2D eigenvalue weighted by Crippen LogP contribution is -2.18. The first-order valence-corrected chi connectivity index (χ1v) is 5.14. The number of carbonyl (C=O) groups excluding carboxylic acids is 1. The fraction of sp³-hybridized carbons (Fsp3) is 0.308. The minimum Gasteiger partial charge on any atom is -0.466 e. The van der Waals surface area contributed by atoms with Gasteiger partial charge in [0.1, 0.15) is 0 Å². The molecule has 1 atom stereocenters. The summed E-state index contributed by atoms with van der Waals surface area (Å²) in [4.78, 5) is 11.1. The number of carbonyl (C=O) groups is 1. The van der Waals surface area contributed by atoms with Crippen LogP contribution in [-0.4, -0.2) is 24.3 Å². The highest BCUT2D eigenvalue weighted by Crippen LogP contribution is 2.10. The van der Waals surface area contributed by atoms with E-state index in [9.17, 15) is 9.90 Å². The van der Waals surface area contributed by atoms with E-state index in [2.05, 4.69) is 11.3 Å². The van der Waals surface area contributed by atoms with Crippen molar-refractivity contribution in [3.8, 4) is 0 Å². The highest BCUT2D eigenvalue weighted by atomic mass is 16.5. The molecule has 0 aromatic heterocycles. The van der Waals surface area contributed by atoms with Crippen LogP contribution in [0.4, 0.5) is 0 Å². The van der Waals surface area contributed by atoms with Crippen LogP contribution in [0.3, 0.4) is 0 Å². The second-order valence-corrected chi connectivity index (χ2v) is 3.56. The number of aliphatic hydroxyl groups excluding tert-OH is 1. The molecule has 86 valence electrons. The van der Waals surface area contributed by atoms with E-state index in [1.165, 1.54) is 7.11 Å². The molecule has 0 bridgehead atoms. The van der Waals surface area contributed by atoms with E-state index >= 15 is 0 Å². The van der Waals surface area contributed by atoms with Crippen molar-refractivity contribution < 1.29 is 14.6 Å². The Morgan fingerprint density at radius 2 is 2.06 bits per heavy atom. The van der Waals surface area contributed by atoms with Gasteiger partial charge in [-0.3, -0.25) is 0 Å². The lowest BCUT2D eigenvalue weighted by Gasteiger charge is -2.11. The van der Waals surface area contributed by atoms with Gasteiger partial charge < -0.3 is 9.84 Å². The number of ether oxygens (including phenoxy) is 1. The molecule has 3 heteroatoms. The van der Waals surface area contributed by atoms with Gasteiger partial charge in [0, 0.05) is 0 Å². The summed E-state index contributed by atoms with van der Waals surface area (Å²) in [5.41, 5.74) is 1.23. The average molecular weight is 220 g/mol. The van der Waals surface area contributed by atoms with Gasteiger partial charge in [0.2, 0.25) is 0 Å². The zero-order valence-electron chi connectivity index (χ0n) is 9.35. The maximum absolute atomic E-state index is 11.1. The van der Waals surface area contributed by atoms with E-state index in [0.29, 0.717) is 12.8 Å². The molecule has 1 N–H and O–H groups in total. The SMILES string of the molecule is C=C(C(=O)OC)C(O)CCc1ccccc1. The van der Waals surface area contributed by atoms with Crippen LogP contribution in [0, 0.1) is 0 Å². The van der Waals surface area contributed by atoms with Gasteiger partial charge in [-0.1, -0.05) is 36.9 Å². The quantitative estimate of drug-likeness (QED) is 0.607. The van der Waals surface area contributed by atoms with Crippen LogP contribution >= 0.6 is 0 Å². The molecule has 0 heterocycles. The molecule has 16 heavy (non-hydrogen) atoms. The molecule has 0 aliphatic heterocycles. The van der Waals surface area contributed by atoms with Crippen molar-refractivity contribution >= 4 is 5.97 Å². The van der Waals surface area contributed by atoms with E-state index in [0.717, 1.165) is 5.56 Å². The molecule has 0 saturated heterocycles. The molecule has 0 saturated carbocycles. The average Bonchev–Trinajstić information content (AvgIpc) is 2.35. The fourth-order valence-electron chi connectivity index (χ4n) is 1.39. The van der Waals surface area contributed by atoms with Crippen LogP contribution < -0.4 is 0 Å². The van der Waals surface area contributed by atoms with Gasteiger partial charge >= 0.3 is 5.97 Å². The van der Waals surface area contributed by atoms with Crippen LogP contribution in [0.1, 0.15) is 12.0 Å². The van der Waals surface area contributed by atoms with Crippen LogP contribution in [0.15, 0.2) is 42.5 Å². The Morgan fingerprint density at radius 1 is 1.44 bits per heavy atom. The van der Waals surface area contributed by atoms with Gasteiger partial charge in [-0.05, 0) is 18.4 Å². The van der Waals surface area contributed by atoms with Crippen LogP contribution in [-0.2, 0) is 16.0 Å². The van der Waals surface area contributed by atoms with Gasteiger partial charge in [0.05, 0.1) is 18.8 Å². The molecule has 0 fully saturated rings. The van der Waals surface area contributed by atoms with Crippen molar-refractivity contribution in [2.45, 2.75) is 18.9 Å². The largest absolute Gasteiger partial charge is 0.466 e. The van der Waals surface area contributed by atoms with E-state index < -0.39 is 12.1 Å². The van der Waals surface area contributed by atoms with Crippen LogP contribution in [0.25, 0.3) is 0 Å². The maximum Gasteiger partial charge on any atom is 0.335 e. The summed E-state index contributed by atoms with van der Waals surface area (Å²) >= 11 is 0. The highest BCUT2D eigenvalue weighted by Gasteiger charge is 2.16. The first kappa shape index (κ1) is 12.5. The number of aryl methyl sites for hydroxylation is 1. The second-order valence-electron chi connectivity index (χ2n) is 3.56. The third-order valence-electron chi connectivity index (χ3n) is 2.40. The maximum atomic E-state index is 11.1. The Labute approximate surface area is 95.4 Å². The molecule has 1 aromatic carbocycles. The molecule has 3 nitrogen and oxygen atoms in total. The van der Waals surface area contributed by atoms with Crippen molar-refractivity contribution in [1.82, 2.24) is 0 Å². The normalized spacial score (nSPS) is 11.9. The molecule has 1 unspecified atom stereocenters. The number of hydrogen-bond donors (Lipinski definition) is 1. The molecule has 0 aliphatic carbocycles. The zero-order valence-corrected chi connectivity index (χ0v) is 9.35. The Hall–Kier alpha value is -1.61. The summed E-state index contributed by atoms with van der Waals surface area (Å²) in [5, 5.41) is 9.68. The number of aliphatic hydroxyl groups is 1. The van der Waals surface area contributed by atoms with Crippen molar-refractivity contribution in [2.24, 2.45) is 0 Å². The Bertz CT molecular complexity index is 357. The van der Waals surface area contributed by atoms with E-state index in [1.54, 1.807) is 0 Å². The summed E-state index contributed by atoms with van der Waals surface area (Å²) in [6, 6.07) is 9.78. The molecular weight excluding hydrogens is 204 g/mol. The molecule has 0 spiro atoms. The molecule has 0 radical (unpaired) electrons. The summed E-state index contributed by atoms with van der Waals surface area (Å²) in [6.07, 6.45) is 0.336. The van der Waals surface area contributed by atoms with Gasteiger partial charge in [0.15, 0.2) is 0 Å². The number of esters is 1. The highest BCUT2D eigenvalue weighted by molar-refractivity contribution is 5.88. The first-order chi connectivity index (χ1) is 7.65. The Kier molecular flexibility index (Phi) is 4.73. The van der Waals surface area contributed by atoms with E-state index in [-0.39, 0.29) is 5.57 Å². The van der Waals surface area contributed by atoms with Crippen molar-refractivity contribution in [3.05, 3.63) is 48.0 Å². The van der Waals surface area contributed by atoms with Gasteiger partial charge in [-0.2, -0.15) is 0 Å². The predicted molar refractivity (Wildman–Crippen MR) is 61.9 cm³/mol. The van der Waals surface area contributed by atoms with Gasteiger partial charge in [-0.25, -0.2) is 4.79 Å². The molecule has 1 aromatic rings. The van der Waals surface area contributed by atoms with E-state index in [4.69, 9.17) is 0 Å². The van der Waals surface area contributed by atoms with Gasteiger partial charge in [-0.15, -0.1) is 0 Å². The van der Waals surface area contributed by atoms with Crippen molar-refractivity contribution in [1.29, 1.82) is 0 Å². The van der Waals surface area contributed by atoms with Crippen LogP contribution in [0.2, 0.25) is 0 Å². The molecule has 0 amide bonds. The van der Waals surface area contributed by atoms with Crippen molar-refractivity contribution in [2.75, 3.05) is 7.11 Å². The smallest absolute Gasteiger partial charge is 0.335 e. The second kappa shape index (κ2) is 6.08. The van der Waals surface area contributed by atoms with E-state index in [1.807, 2.05) is 30.3 Å². The summed E-state index contributed by atoms with van der Waals surface area (Å²) in [7, 11) is 1.28. The molecule has 1 rings (SSSR count). The minimum absolute atomic E-state index is 0.110. The number of methoxy groups -OCH3 is 1. The number of hydrogen-bond acceptors (Lipinski definition) is 3. The van der Waals surface area contributed by atoms with Gasteiger partial charge in [0.25, 0.3) is 0 Å². The number of rotatable bonds is 5. The third kappa shape index (κ3) is 3.51. The third-order valence-corrected chi connectivity index (χ3v) is 2.40. The molecule has 0 aliphatic rings. The summed E-state index contributed by atoms with van der Waals surface area (Å²) < 4.78 is 4.49. The van der Waals surface area contributed by atoms with Crippen LogP contribution in [0.5, 0.6) is 0 Å². The monoisotopic (exact) mass is 220 g/mol. The Morgan fingerprint density at radius 3 is 2.62 bits per heavy atom. The predicted octanol–water partition coefficient (Wildman–Crippen LogP) is 1.71. The first-order valence-electron chi connectivity index (χ1n) is 5.14.